The van der Waals surface area contributed by atoms with Crippen LogP contribution in [-0.2, 0) is 13.0 Å². The highest BCUT2D eigenvalue weighted by atomic mass is 16.5. The molecule has 158 valence electrons. The van der Waals surface area contributed by atoms with Crippen molar-refractivity contribution in [3.8, 4) is 5.75 Å². The van der Waals surface area contributed by atoms with Gasteiger partial charge in [0.05, 0.1) is 0 Å². The van der Waals surface area contributed by atoms with E-state index in [2.05, 4.69) is 56.8 Å². The van der Waals surface area contributed by atoms with Crippen LogP contribution in [0.1, 0.15) is 28.2 Å². The highest BCUT2D eigenvalue weighted by molar-refractivity contribution is 5.77. The SMILES string of the molecule is Nc1cc(C(Cc2cccc(OCc3ccccc3)c2)c2ccccc2)c2nn[nH]c2n1. The number of nitrogens with zero attached hydrogens (tertiary/aromatic N) is 3. The van der Waals surface area contributed by atoms with Crippen LogP contribution in [0.5, 0.6) is 5.75 Å². The van der Waals surface area contributed by atoms with Crippen molar-refractivity contribution in [1.82, 2.24) is 20.4 Å². The average molecular weight is 422 g/mol. The van der Waals surface area contributed by atoms with E-state index >= 15 is 0 Å². The third-order valence-electron chi connectivity index (χ3n) is 5.51. The third kappa shape index (κ3) is 4.30. The van der Waals surface area contributed by atoms with Gasteiger partial charge in [0.1, 0.15) is 23.7 Å². The van der Waals surface area contributed by atoms with Crippen LogP contribution < -0.4 is 10.5 Å². The number of benzene rings is 3. The zero-order valence-electron chi connectivity index (χ0n) is 17.5. The first-order valence-electron chi connectivity index (χ1n) is 10.5. The van der Waals surface area contributed by atoms with E-state index in [1.807, 2.05) is 54.6 Å². The molecule has 0 amide bonds. The Morgan fingerprint density at radius 1 is 0.844 bits per heavy atom. The fraction of sp³-hybridized carbons (Fsp3) is 0.115. The van der Waals surface area contributed by atoms with Gasteiger partial charge in [-0.1, -0.05) is 78.0 Å². The molecule has 0 aliphatic rings. The molecule has 3 N–H and O–H groups in total. The van der Waals surface area contributed by atoms with Crippen molar-refractivity contribution in [3.63, 3.8) is 0 Å². The minimum atomic E-state index is 0.0403. The summed E-state index contributed by atoms with van der Waals surface area (Å²) in [4.78, 5) is 4.32. The van der Waals surface area contributed by atoms with E-state index < -0.39 is 0 Å². The molecule has 6 heteroatoms. The average Bonchev–Trinajstić information content (AvgIpc) is 3.31. The monoisotopic (exact) mass is 421 g/mol. The van der Waals surface area contributed by atoms with Gasteiger partial charge in [-0.25, -0.2) is 10.1 Å². The molecule has 0 aliphatic heterocycles. The number of nitrogens with one attached hydrogen (secondary N) is 1. The summed E-state index contributed by atoms with van der Waals surface area (Å²) in [6, 6.07) is 30.7. The Morgan fingerprint density at radius 2 is 1.59 bits per heavy atom. The minimum absolute atomic E-state index is 0.0403. The van der Waals surface area contributed by atoms with E-state index in [1.165, 1.54) is 5.56 Å². The molecule has 0 bridgehead atoms. The van der Waals surface area contributed by atoms with Crippen molar-refractivity contribution in [2.24, 2.45) is 0 Å². The fourth-order valence-corrected chi connectivity index (χ4v) is 3.98. The van der Waals surface area contributed by atoms with Gasteiger partial charge >= 0.3 is 0 Å². The Morgan fingerprint density at radius 3 is 2.41 bits per heavy atom. The minimum Gasteiger partial charge on any atom is -0.489 e. The molecular formula is C26H23N5O. The smallest absolute Gasteiger partial charge is 0.178 e. The van der Waals surface area contributed by atoms with Gasteiger partial charge in [-0.05, 0) is 46.9 Å². The van der Waals surface area contributed by atoms with Crippen molar-refractivity contribution in [1.29, 1.82) is 0 Å². The van der Waals surface area contributed by atoms with Crippen LogP contribution in [0.3, 0.4) is 0 Å². The quantitative estimate of drug-likeness (QED) is 0.391. The maximum Gasteiger partial charge on any atom is 0.178 e. The number of pyridine rings is 1. The molecule has 5 rings (SSSR count). The number of fused-ring (bicyclic) bond motifs is 1. The fourth-order valence-electron chi connectivity index (χ4n) is 3.98. The second kappa shape index (κ2) is 8.89. The number of rotatable bonds is 7. The molecule has 0 spiro atoms. The Kier molecular flexibility index (Phi) is 5.49. The van der Waals surface area contributed by atoms with Gasteiger partial charge in [0.25, 0.3) is 0 Å². The topological polar surface area (TPSA) is 89.7 Å². The van der Waals surface area contributed by atoms with Crippen LogP contribution in [0.4, 0.5) is 5.82 Å². The second-order valence-electron chi connectivity index (χ2n) is 7.73. The Bertz CT molecular complexity index is 1320. The van der Waals surface area contributed by atoms with Gasteiger partial charge in [0.2, 0.25) is 0 Å². The van der Waals surface area contributed by atoms with Crippen LogP contribution in [0.15, 0.2) is 91.0 Å². The van der Waals surface area contributed by atoms with Gasteiger partial charge in [-0.3, -0.25) is 0 Å². The van der Waals surface area contributed by atoms with Crippen molar-refractivity contribution in [3.05, 3.63) is 113 Å². The molecule has 6 nitrogen and oxygen atoms in total. The number of H-pyrrole nitrogens is 1. The lowest BCUT2D eigenvalue weighted by atomic mass is 9.85. The molecule has 0 aliphatic carbocycles. The highest BCUT2D eigenvalue weighted by Crippen LogP contribution is 2.33. The van der Waals surface area contributed by atoms with E-state index in [-0.39, 0.29) is 5.92 Å². The molecule has 0 saturated heterocycles. The van der Waals surface area contributed by atoms with Crippen LogP contribution in [0.25, 0.3) is 11.2 Å². The van der Waals surface area contributed by atoms with Crippen LogP contribution in [0.2, 0.25) is 0 Å². The summed E-state index contributed by atoms with van der Waals surface area (Å²) in [7, 11) is 0. The molecule has 1 unspecified atom stereocenters. The maximum absolute atomic E-state index is 6.11. The first kappa shape index (κ1) is 19.8. The van der Waals surface area contributed by atoms with E-state index in [0.717, 1.165) is 34.4 Å². The predicted molar refractivity (Wildman–Crippen MR) is 125 cm³/mol. The molecule has 5 aromatic rings. The first-order valence-corrected chi connectivity index (χ1v) is 10.5. The molecule has 32 heavy (non-hydrogen) atoms. The zero-order valence-corrected chi connectivity index (χ0v) is 17.5. The number of aromatic nitrogens is 4. The Labute approximate surface area is 186 Å². The van der Waals surface area contributed by atoms with Crippen LogP contribution in [0, 0.1) is 0 Å². The molecule has 0 saturated carbocycles. The van der Waals surface area contributed by atoms with Gasteiger partial charge in [-0.15, -0.1) is 5.10 Å². The Balaban J connectivity index is 1.47. The summed E-state index contributed by atoms with van der Waals surface area (Å²) in [6.45, 7) is 0.535. The third-order valence-corrected chi connectivity index (χ3v) is 5.51. The summed E-state index contributed by atoms with van der Waals surface area (Å²) >= 11 is 0. The summed E-state index contributed by atoms with van der Waals surface area (Å²) in [5.41, 5.74) is 11.9. The van der Waals surface area contributed by atoms with Crippen LogP contribution >= 0.6 is 0 Å². The number of anilines is 1. The van der Waals surface area contributed by atoms with Gasteiger partial charge < -0.3 is 10.5 Å². The van der Waals surface area contributed by atoms with Crippen LogP contribution in [-0.4, -0.2) is 20.4 Å². The van der Waals surface area contributed by atoms with E-state index in [0.29, 0.717) is 18.1 Å². The summed E-state index contributed by atoms with van der Waals surface area (Å²) in [6.07, 6.45) is 0.762. The van der Waals surface area contributed by atoms with Crippen molar-refractivity contribution in [2.75, 3.05) is 5.73 Å². The number of hydrogen-bond acceptors (Lipinski definition) is 5. The van der Waals surface area contributed by atoms with Gasteiger partial charge in [0, 0.05) is 5.92 Å². The zero-order chi connectivity index (χ0) is 21.8. The van der Waals surface area contributed by atoms with Crippen molar-refractivity contribution < 1.29 is 4.74 Å². The lowest BCUT2D eigenvalue weighted by Crippen LogP contribution is -2.08. The number of nitrogen functional groups attached to an aromatic ring is 1. The predicted octanol–water partition coefficient (Wildman–Crippen LogP) is 4.89. The van der Waals surface area contributed by atoms with E-state index in [1.54, 1.807) is 0 Å². The lowest BCUT2D eigenvalue weighted by Gasteiger charge is -2.19. The molecule has 0 fully saturated rings. The largest absolute Gasteiger partial charge is 0.489 e. The van der Waals surface area contributed by atoms with E-state index in [9.17, 15) is 0 Å². The maximum atomic E-state index is 6.11. The lowest BCUT2D eigenvalue weighted by molar-refractivity contribution is 0.306. The van der Waals surface area contributed by atoms with E-state index in [4.69, 9.17) is 10.5 Å². The molecular weight excluding hydrogens is 398 g/mol. The van der Waals surface area contributed by atoms with Crippen molar-refractivity contribution in [2.45, 2.75) is 18.9 Å². The summed E-state index contributed by atoms with van der Waals surface area (Å²) in [5.74, 6) is 1.33. The van der Waals surface area contributed by atoms with Gasteiger partial charge in [0.15, 0.2) is 5.65 Å². The Hall–Kier alpha value is -4.19. The molecule has 3 aromatic carbocycles. The first-order chi connectivity index (χ1) is 15.8. The molecule has 2 aromatic heterocycles. The summed E-state index contributed by atoms with van der Waals surface area (Å²) < 4.78 is 6.05. The van der Waals surface area contributed by atoms with Gasteiger partial charge in [-0.2, -0.15) is 0 Å². The molecule has 0 radical (unpaired) electrons. The summed E-state index contributed by atoms with van der Waals surface area (Å²) in [5, 5.41) is 11.1. The molecule has 2 heterocycles. The van der Waals surface area contributed by atoms with Crippen molar-refractivity contribution >= 4 is 17.0 Å². The number of aromatic amines is 1. The second-order valence-corrected chi connectivity index (χ2v) is 7.73. The standard InChI is InChI=1S/C26H23N5O/c27-24-16-23(25-26(28-24)30-31-29-25)22(20-11-5-2-6-12-20)15-19-10-7-13-21(14-19)32-17-18-8-3-1-4-9-18/h1-14,16,22H,15,17H2,(H3,27,28,29,30,31). The normalized spacial score (nSPS) is 12.0. The number of hydrogen-bond donors (Lipinski definition) is 2. The molecule has 1 atom stereocenters. The highest BCUT2D eigenvalue weighted by Gasteiger charge is 2.21. The number of ether oxygens (including phenoxy) is 1. The number of nitrogens with two attached hydrogens (primary N) is 1.